The van der Waals surface area contributed by atoms with Gasteiger partial charge in [-0.1, -0.05) is 12.2 Å². The summed E-state index contributed by atoms with van der Waals surface area (Å²) in [5.74, 6) is 1.31. The minimum absolute atomic E-state index is 0.268. The van der Waals surface area contributed by atoms with E-state index in [-0.39, 0.29) is 5.92 Å². The Morgan fingerprint density at radius 3 is 2.70 bits per heavy atom. The van der Waals surface area contributed by atoms with Crippen molar-refractivity contribution in [2.45, 2.75) is 51.1 Å². The average molecular weight is 426 g/mol. The highest BCUT2D eigenvalue weighted by atomic mass is 32.2. The predicted octanol–water partition coefficient (Wildman–Crippen LogP) is 2.53. The smallest absolute Gasteiger partial charge is 0.211 e. The van der Waals surface area contributed by atoms with Gasteiger partial charge in [0.25, 0.3) is 0 Å². The van der Waals surface area contributed by atoms with E-state index in [9.17, 15) is 8.42 Å². The van der Waals surface area contributed by atoms with E-state index in [1.54, 1.807) is 10.6 Å². The third-order valence-electron chi connectivity index (χ3n) is 6.68. The van der Waals surface area contributed by atoms with E-state index < -0.39 is 10.0 Å². The van der Waals surface area contributed by atoms with E-state index in [2.05, 4.69) is 40.0 Å². The summed E-state index contributed by atoms with van der Waals surface area (Å²) in [4.78, 5) is 16.4. The third-order valence-corrected chi connectivity index (χ3v) is 7.98. The Hall–Kier alpha value is -2.32. The molecular formula is C22H27N5O2S. The number of allylic oxidation sites excluding steroid dienone is 1. The fourth-order valence-corrected chi connectivity index (χ4v) is 5.89. The average Bonchev–Trinajstić information content (AvgIpc) is 3.21. The largest absolute Gasteiger partial charge is 0.349 e. The Balaban J connectivity index is 1.45. The van der Waals surface area contributed by atoms with Crippen LogP contribution in [0.3, 0.4) is 0 Å². The molecule has 0 aromatic carbocycles. The van der Waals surface area contributed by atoms with Gasteiger partial charge < -0.3 is 4.90 Å². The zero-order valence-corrected chi connectivity index (χ0v) is 18.3. The molecule has 4 heterocycles. The van der Waals surface area contributed by atoms with E-state index in [0.717, 1.165) is 49.4 Å². The predicted molar refractivity (Wildman–Crippen MR) is 117 cm³/mol. The Labute approximate surface area is 177 Å². The Bertz CT molecular complexity index is 1110. The van der Waals surface area contributed by atoms with Gasteiger partial charge in [0.05, 0.1) is 17.6 Å². The van der Waals surface area contributed by atoms with Crippen LogP contribution >= 0.6 is 0 Å². The van der Waals surface area contributed by atoms with Crippen LogP contribution in [0.2, 0.25) is 0 Å². The van der Waals surface area contributed by atoms with Crippen molar-refractivity contribution in [1.82, 2.24) is 19.3 Å². The van der Waals surface area contributed by atoms with Crippen molar-refractivity contribution in [2.24, 2.45) is 0 Å². The molecule has 158 valence electrons. The summed E-state index contributed by atoms with van der Waals surface area (Å²) < 4.78 is 25.3. The van der Waals surface area contributed by atoms with Crippen molar-refractivity contribution in [3.63, 3.8) is 0 Å². The zero-order valence-electron chi connectivity index (χ0n) is 17.5. The molecule has 2 aromatic rings. The Kier molecular flexibility index (Phi) is 4.86. The molecule has 0 bridgehead atoms. The highest BCUT2D eigenvalue weighted by Crippen LogP contribution is 2.37. The molecular weight excluding hydrogens is 398 g/mol. The first kappa shape index (κ1) is 19.6. The lowest BCUT2D eigenvalue weighted by Crippen LogP contribution is -2.41. The van der Waals surface area contributed by atoms with E-state index in [1.165, 1.54) is 22.9 Å². The lowest BCUT2D eigenvalue weighted by atomic mass is 9.88. The van der Waals surface area contributed by atoms with Crippen molar-refractivity contribution in [3.05, 3.63) is 52.7 Å². The normalized spacial score (nSPS) is 22.2. The van der Waals surface area contributed by atoms with Crippen molar-refractivity contribution in [2.75, 3.05) is 24.2 Å². The first-order valence-electron chi connectivity index (χ1n) is 10.6. The molecule has 1 fully saturated rings. The number of hydrogen-bond acceptors (Lipinski definition) is 6. The minimum atomic E-state index is -3.13. The molecule has 7 nitrogen and oxygen atoms in total. The van der Waals surface area contributed by atoms with Crippen LogP contribution < -0.4 is 4.90 Å². The Morgan fingerprint density at radius 2 is 1.93 bits per heavy atom. The number of piperidine rings is 1. The molecule has 3 aliphatic rings. The van der Waals surface area contributed by atoms with Crippen LogP contribution in [-0.2, 0) is 29.4 Å². The zero-order chi connectivity index (χ0) is 20.9. The molecule has 8 heteroatoms. The number of rotatable bonds is 3. The van der Waals surface area contributed by atoms with Gasteiger partial charge in [0.2, 0.25) is 10.0 Å². The molecule has 0 unspecified atom stereocenters. The van der Waals surface area contributed by atoms with Gasteiger partial charge in [-0.2, -0.15) is 0 Å². The van der Waals surface area contributed by atoms with Gasteiger partial charge in [-0.05, 0) is 37.8 Å². The number of anilines is 1. The molecule has 0 spiro atoms. The molecule has 2 aliphatic heterocycles. The van der Waals surface area contributed by atoms with E-state index in [1.807, 2.05) is 6.20 Å². The number of hydrogen-bond donors (Lipinski definition) is 0. The van der Waals surface area contributed by atoms with Gasteiger partial charge in [-0.25, -0.2) is 27.7 Å². The van der Waals surface area contributed by atoms with Gasteiger partial charge in [0.1, 0.15) is 12.1 Å². The molecule has 0 radical (unpaired) electrons. The summed E-state index contributed by atoms with van der Waals surface area (Å²) in [5, 5.41) is 0. The molecule has 2 aromatic heterocycles. The molecule has 5 rings (SSSR count). The standard InChI is InChI=1S/C22H27N5O2S/c1-15-12-20-19(13-27(15)22-18-5-3-4-16(18)6-9-23-22)21(25-14-24-20)17-7-10-26(11-8-17)30(2,28)29/h3,5-6,9,14-15,17H,4,7-8,10-13H2,1-2H3/t15-/m1/s1. The second-order valence-corrected chi connectivity index (χ2v) is 10.6. The molecule has 1 atom stereocenters. The summed E-state index contributed by atoms with van der Waals surface area (Å²) >= 11 is 0. The van der Waals surface area contributed by atoms with E-state index >= 15 is 0 Å². The van der Waals surface area contributed by atoms with Crippen LogP contribution in [-0.4, -0.2) is 53.1 Å². The van der Waals surface area contributed by atoms with Gasteiger partial charge in [-0.3, -0.25) is 0 Å². The Morgan fingerprint density at radius 1 is 1.13 bits per heavy atom. The third kappa shape index (κ3) is 3.41. The first-order chi connectivity index (χ1) is 14.4. The van der Waals surface area contributed by atoms with Crippen LogP contribution in [0.5, 0.6) is 0 Å². The maximum atomic E-state index is 11.9. The molecule has 30 heavy (non-hydrogen) atoms. The van der Waals surface area contributed by atoms with Crippen molar-refractivity contribution < 1.29 is 8.42 Å². The van der Waals surface area contributed by atoms with Crippen molar-refractivity contribution in [1.29, 1.82) is 0 Å². The number of aromatic nitrogens is 3. The summed E-state index contributed by atoms with van der Waals surface area (Å²) in [7, 11) is -3.13. The van der Waals surface area contributed by atoms with Crippen molar-refractivity contribution in [3.8, 4) is 0 Å². The lowest BCUT2D eigenvalue weighted by molar-refractivity contribution is 0.317. The number of nitrogens with zero attached hydrogens (tertiary/aromatic N) is 5. The monoisotopic (exact) mass is 425 g/mol. The number of fused-ring (bicyclic) bond motifs is 2. The fraction of sp³-hybridized carbons (Fsp3) is 0.500. The highest BCUT2D eigenvalue weighted by Gasteiger charge is 2.33. The minimum Gasteiger partial charge on any atom is -0.349 e. The SMILES string of the molecule is C[C@@H]1Cc2ncnc(C3CCN(S(C)(=O)=O)CC3)c2CN1c1nccc2c1C=CC2. The quantitative estimate of drug-likeness (QED) is 0.752. The summed E-state index contributed by atoms with van der Waals surface area (Å²) in [6.45, 7) is 4.09. The van der Waals surface area contributed by atoms with Gasteiger partial charge >= 0.3 is 0 Å². The highest BCUT2D eigenvalue weighted by molar-refractivity contribution is 7.88. The van der Waals surface area contributed by atoms with Crippen LogP contribution in [0, 0.1) is 0 Å². The van der Waals surface area contributed by atoms with Crippen LogP contribution in [0.4, 0.5) is 5.82 Å². The number of pyridine rings is 1. The maximum Gasteiger partial charge on any atom is 0.211 e. The van der Waals surface area contributed by atoms with Gasteiger partial charge in [0, 0.05) is 55.3 Å². The van der Waals surface area contributed by atoms with Gasteiger partial charge in [0.15, 0.2) is 0 Å². The van der Waals surface area contributed by atoms with Crippen molar-refractivity contribution >= 4 is 21.9 Å². The van der Waals surface area contributed by atoms with Crippen LogP contribution in [0.25, 0.3) is 6.08 Å². The summed E-state index contributed by atoms with van der Waals surface area (Å²) in [6, 6.07) is 2.41. The molecule has 1 aliphatic carbocycles. The van der Waals surface area contributed by atoms with Crippen LogP contribution in [0.1, 0.15) is 53.8 Å². The molecule has 1 saturated heterocycles. The van der Waals surface area contributed by atoms with E-state index in [0.29, 0.717) is 19.1 Å². The maximum absolute atomic E-state index is 11.9. The molecule has 0 saturated carbocycles. The second-order valence-electron chi connectivity index (χ2n) is 8.62. The fourth-order valence-electron chi connectivity index (χ4n) is 5.02. The van der Waals surface area contributed by atoms with Crippen LogP contribution in [0.15, 0.2) is 24.7 Å². The molecule has 0 amide bonds. The van der Waals surface area contributed by atoms with Gasteiger partial charge in [-0.15, -0.1) is 0 Å². The van der Waals surface area contributed by atoms with E-state index in [4.69, 9.17) is 4.98 Å². The molecule has 0 N–H and O–H groups in total. The second kappa shape index (κ2) is 7.42. The lowest BCUT2D eigenvalue weighted by Gasteiger charge is -2.38. The summed E-state index contributed by atoms with van der Waals surface area (Å²) in [5.41, 5.74) is 5.98. The summed E-state index contributed by atoms with van der Waals surface area (Å²) in [6.07, 6.45) is 12.7. The number of sulfonamides is 1. The first-order valence-corrected chi connectivity index (χ1v) is 12.5. The topological polar surface area (TPSA) is 79.3 Å².